The van der Waals surface area contributed by atoms with Gasteiger partial charge in [-0.15, -0.1) is 0 Å². The van der Waals surface area contributed by atoms with Crippen molar-refractivity contribution in [2.24, 2.45) is 0 Å². The number of amides is 1. The number of aliphatic carboxylic acids is 1. The summed E-state index contributed by atoms with van der Waals surface area (Å²) in [5, 5.41) is 11.6. The van der Waals surface area contributed by atoms with Gasteiger partial charge in [0.05, 0.1) is 6.42 Å². The van der Waals surface area contributed by atoms with E-state index in [0.717, 1.165) is 6.42 Å². The van der Waals surface area contributed by atoms with Crippen molar-refractivity contribution >= 4 is 17.6 Å². The lowest BCUT2D eigenvalue weighted by Crippen LogP contribution is -2.21. The van der Waals surface area contributed by atoms with Gasteiger partial charge >= 0.3 is 5.97 Å². The number of benzene rings is 2. The molecule has 2 N–H and O–H groups in total. The summed E-state index contributed by atoms with van der Waals surface area (Å²) in [6.45, 7) is 4.27. The van der Waals surface area contributed by atoms with E-state index in [-0.39, 0.29) is 17.7 Å². The van der Waals surface area contributed by atoms with Gasteiger partial charge in [-0.25, -0.2) is 0 Å². The van der Waals surface area contributed by atoms with Gasteiger partial charge in [0.15, 0.2) is 0 Å². The summed E-state index contributed by atoms with van der Waals surface area (Å²) in [5.41, 5.74) is 2.55. The summed E-state index contributed by atoms with van der Waals surface area (Å²) in [6, 6.07) is 17.1. The molecule has 0 bridgehead atoms. The van der Waals surface area contributed by atoms with Crippen LogP contribution in [0.2, 0.25) is 0 Å². The number of carboxylic acids is 1. The maximum atomic E-state index is 12.1. The van der Waals surface area contributed by atoms with Crippen molar-refractivity contribution in [3.8, 4) is 0 Å². The summed E-state index contributed by atoms with van der Waals surface area (Å²) in [5.74, 6) is -0.903. The topological polar surface area (TPSA) is 66.4 Å². The number of hydrogen-bond donors (Lipinski definition) is 2. The number of nitrogens with one attached hydrogen (secondary N) is 1. The summed E-state index contributed by atoms with van der Waals surface area (Å²) in [7, 11) is 0. The number of carbonyl (C=O) groups is 2. The summed E-state index contributed by atoms with van der Waals surface area (Å²) >= 11 is 0. The highest BCUT2D eigenvalue weighted by atomic mass is 16.4. The highest BCUT2D eigenvalue weighted by Crippen LogP contribution is 2.28. The molecule has 0 saturated heterocycles. The summed E-state index contributed by atoms with van der Waals surface area (Å²) < 4.78 is 0. The average molecular weight is 325 g/mol. The molecule has 0 unspecified atom stereocenters. The monoisotopic (exact) mass is 325 g/mol. The lowest BCUT2D eigenvalue weighted by atomic mass is 9.80. The van der Waals surface area contributed by atoms with E-state index >= 15 is 0 Å². The van der Waals surface area contributed by atoms with Crippen LogP contribution in [0.4, 0.5) is 5.69 Å². The molecule has 0 aliphatic heterocycles. The largest absolute Gasteiger partial charge is 0.481 e. The smallest absolute Gasteiger partial charge is 0.307 e. The first-order valence-corrected chi connectivity index (χ1v) is 8.03. The standard InChI is InChI=1S/C20H23NO3/c1-20(2,16-6-4-3-5-7-16)13-12-18(22)21-17-10-8-15(9-11-17)14-19(23)24/h3-11H,12-14H2,1-2H3,(H,21,22)(H,23,24). The molecule has 1 amide bonds. The van der Waals surface area contributed by atoms with Gasteiger partial charge in [0.2, 0.25) is 5.91 Å². The molecule has 2 aromatic carbocycles. The van der Waals surface area contributed by atoms with Gasteiger partial charge in [0.1, 0.15) is 0 Å². The number of anilines is 1. The number of hydrogen-bond acceptors (Lipinski definition) is 2. The third kappa shape index (κ3) is 5.23. The Morgan fingerprint density at radius 2 is 1.62 bits per heavy atom. The van der Waals surface area contributed by atoms with E-state index in [1.54, 1.807) is 24.3 Å². The summed E-state index contributed by atoms with van der Waals surface area (Å²) in [6.07, 6.45) is 1.16. The first kappa shape index (κ1) is 17.7. The minimum absolute atomic E-state index is 0.0144. The van der Waals surface area contributed by atoms with Crippen molar-refractivity contribution in [1.29, 1.82) is 0 Å². The second kappa shape index (κ2) is 7.77. The molecule has 24 heavy (non-hydrogen) atoms. The van der Waals surface area contributed by atoms with Gasteiger partial charge in [0.25, 0.3) is 0 Å². The van der Waals surface area contributed by atoms with E-state index in [1.807, 2.05) is 18.2 Å². The zero-order valence-corrected chi connectivity index (χ0v) is 14.1. The lowest BCUT2D eigenvalue weighted by Gasteiger charge is -2.25. The first-order chi connectivity index (χ1) is 11.4. The fourth-order valence-electron chi connectivity index (χ4n) is 2.56. The SMILES string of the molecule is CC(C)(CCC(=O)Nc1ccc(CC(=O)O)cc1)c1ccccc1. The van der Waals surface area contributed by atoms with Gasteiger partial charge in [-0.2, -0.15) is 0 Å². The Bertz CT molecular complexity index is 691. The number of carboxylic acid groups (broad SMARTS) is 1. The van der Waals surface area contributed by atoms with Crippen molar-refractivity contribution in [3.05, 3.63) is 65.7 Å². The van der Waals surface area contributed by atoms with Crippen LogP contribution in [-0.4, -0.2) is 17.0 Å². The zero-order valence-electron chi connectivity index (χ0n) is 14.1. The molecule has 0 aromatic heterocycles. The van der Waals surface area contributed by atoms with Crippen LogP contribution in [-0.2, 0) is 21.4 Å². The van der Waals surface area contributed by atoms with Crippen LogP contribution in [0.1, 0.15) is 37.8 Å². The van der Waals surface area contributed by atoms with Crippen LogP contribution in [0.3, 0.4) is 0 Å². The van der Waals surface area contributed by atoms with Crippen LogP contribution in [0.15, 0.2) is 54.6 Å². The minimum Gasteiger partial charge on any atom is -0.481 e. The third-order valence-corrected chi connectivity index (χ3v) is 4.13. The molecule has 0 saturated carbocycles. The van der Waals surface area contributed by atoms with Crippen molar-refractivity contribution in [1.82, 2.24) is 0 Å². The van der Waals surface area contributed by atoms with Crippen molar-refractivity contribution in [2.45, 2.75) is 38.5 Å². The fraction of sp³-hybridized carbons (Fsp3) is 0.300. The first-order valence-electron chi connectivity index (χ1n) is 8.03. The fourth-order valence-corrected chi connectivity index (χ4v) is 2.56. The Morgan fingerprint density at radius 3 is 2.21 bits per heavy atom. The third-order valence-electron chi connectivity index (χ3n) is 4.13. The Labute approximate surface area is 142 Å². The molecule has 0 spiro atoms. The molecular formula is C20H23NO3. The summed E-state index contributed by atoms with van der Waals surface area (Å²) in [4.78, 5) is 22.8. The van der Waals surface area contributed by atoms with E-state index in [9.17, 15) is 9.59 Å². The highest BCUT2D eigenvalue weighted by Gasteiger charge is 2.21. The Balaban J connectivity index is 1.88. The van der Waals surface area contributed by atoms with E-state index in [1.165, 1.54) is 5.56 Å². The maximum Gasteiger partial charge on any atom is 0.307 e. The molecule has 4 nitrogen and oxygen atoms in total. The van der Waals surface area contributed by atoms with Gasteiger partial charge in [-0.3, -0.25) is 9.59 Å². The second-order valence-corrected chi connectivity index (χ2v) is 6.57. The van der Waals surface area contributed by atoms with Gasteiger partial charge in [0, 0.05) is 12.1 Å². The number of carbonyl (C=O) groups excluding carboxylic acids is 1. The van der Waals surface area contributed by atoms with Crippen LogP contribution in [0.5, 0.6) is 0 Å². The van der Waals surface area contributed by atoms with E-state index in [2.05, 4.69) is 31.3 Å². The lowest BCUT2D eigenvalue weighted by molar-refractivity contribution is -0.136. The van der Waals surface area contributed by atoms with E-state index in [0.29, 0.717) is 17.7 Å². The van der Waals surface area contributed by atoms with E-state index < -0.39 is 5.97 Å². The molecule has 4 heteroatoms. The van der Waals surface area contributed by atoms with Crippen molar-refractivity contribution in [2.75, 3.05) is 5.32 Å². The van der Waals surface area contributed by atoms with Crippen molar-refractivity contribution in [3.63, 3.8) is 0 Å². The van der Waals surface area contributed by atoms with Gasteiger partial charge in [-0.1, -0.05) is 56.3 Å². The van der Waals surface area contributed by atoms with E-state index in [4.69, 9.17) is 5.11 Å². The number of rotatable bonds is 7. The molecule has 0 aliphatic rings. The average Bonchev–Trinajstić information content (AvgIpc) is 2.55. The van der Waals surface area contributed by atoms with Crippen LogP contribution in [0, 0.1) is 0 Å². The van der Waals surface area contributed by atoms with Gasteiger partial charge < -0.3 is 10.4 Å². The maximum absolute atomic E-state index is 12.1. The Hall–Kier alpha value is -2.62. The van der Waals surface area contributed by atoms with Crippen LogP contribution in [0.25, 0.3) is 0 Å². The second-order valence-electron chi connectivity index (χ2n) is 6.57. The molecule has 0 aliphatic carbocycles. The predicted octanol–water partition coefficient (Wildman–Crippen LogP) is 4.01. The van der Waals surface area contributed by atoms with Gasteiger partial charge in [-0.05, 0) is 35.1 Å². The molecule has 2 rings (SSSR count). The quantitative estimate of drug-likeness (QED) is 0.808. The molecule has 2 aromatic rings. The molecule has 0 atom stereocenters. The van der Waals surface area contributed by atoms with Crippen molar-refractivity contribution < 1.29 is 14.7 Å². The molecular weight excluding hydrogens is 302 g/mol. The molecule has 0 radical (unpaired) electrons. The van der Waals surface area contributed by atoms with Crippen LogP contribution >= 0.6 is 0 Å². The normalized spacial score (nSPS) is 11.1. The highest BCUT2D eigenvalue weighted by molar-refractivity contribution is 5.90. The molecule has 0 heterocycles. The van der Waals surface area contributed by atoms with Crippen LogP contribution < -0.4 is 5.32 Å². The Morgan fingerprint density at radius 1 is 1.00 bits per heavy atom. The molecule has 126 valence electrons. The zero-order chi connectivity index (χ0) is 17.6. The minimum atomic E-state index is -0.866. The Kier molecular flexibility index (Phi) is 5.74. The predicted molar refractivity (Wildman–Crippen MR) is 95.1 cm³/mol. The molecule has 0 fully saturated rings.